The number of amides is 1. The molecule has 10 nitrogen and oxygen atoms in total. The van der Waals surface area contributed by atoms with Crippen molar-refractivity contribution >= 4 is 22.6 Å². The SMILES string of the molecule is CN(C)C/C=C/C(=O)N1CCC2(CC2n2nc(-c3ccc(Oc4ccccc4)cc3)c3c(N)n[nH]c(=O)c32)C1. The van der Waals surface area contributed by atoms with Crippen LogP contribution >= 0.6 is 0 Å². The number of benzene rings is 2. The molecule has 1 amide bonds. The van der Waals surface area contributed by atoms with Gasteiger partial charge in [-0.2, -0.15) is 10.2 Å². The van der Waals surface area contributed by atoms with E-state index in [0.717, 1.165) is 24.2 Å². The minimum absolute atomic E-state index is 0.000826. The highest BCUT2D eigenvalue weighted by molar-refractivity contribution is 5.99. The fraction of sp³-hybridized carbons (Fsp3) is 0.310. The Bertz CT molecular complexity index is 1610. The van der Waals surface area contributed by atoms with Crippen molar-refractivity contribution < 1.29 is 9.53 Å². The van der Waals surface area contributed by atoms with Gasteiger partial charge in [-0.1, -0.05) is 24.3 Å². The first-order chi connectivity index (χ1) is 18.8. The number of likely N-dealkylation sites (tertiary alicyclic amines) is 1. The molecule has 6 rings (SSSR count). The van der Waals surface area contributed by atoms with Crippen LogP contribution < -0.4 is 16.0 Å². The summed E-state index contributed by atoms with van der Waals surface area (Å²) >= 11 is 0. The first-order valence-corrected chi connectivity index (χ1v) is 13.0. The number of fused-ring (bicyclic) bond motifs is 1. The molecule has 1 aliphatic heterocycles. The number of hydrogen-bond acceptors (Lipinski definition) is 7. The van der Waals surface area contributed by atoms with E-state index in [4.69, 9.17) is 15.6 Å². The average molecular weight is 526 g/mol. The van der Waals surface area contributed by atoms with Gasteiger partial charge in [0.25, 0.3) is 5.56 Å². The predicted octanol–water partition coefficient (Wildman–Crippen LogP) is 3.44. The summed E-state index contributed by atoms with van der Waals surface area (Å²) < 4.78 is 7.74. The number of H-pyrrole nitrogens is 1. The number of anilines is 1. The fourth-order valence-electron chi connectivity index (χ4n) is 5.51. The lowest BCUT2D eigenvalue weighted by molar-refractivity contribution is -0.125. The molecule has 200 valence electrons. The molecule has 2 aromatic carbocycles. The summed E-state index contributed by atoms with van der Waals surface area (Å²) in [5.41, 5.74) is 7.68. The topological polar surface area (TPSA) is 122 Å². The van der Waals surface area contributed by atoms with Gasteiger partial charge in [0.05, 0.1) is 11.4 Å². The predicted molar refractivity (Wildman–Crippen MR) is 149 cm³/mol. The molecule has 10 heteroatoms. The molecule has 3 N–H and O–H groups in total. The van der Waals surface area contributed by atoms with E-state index in [1.54, 1.807) is 6.08 Å². The third kappa shape index (κ3) is 4.67. The third-order valence-corrected chi connectivity index (χ3v) is 7.64. The Labute approximate surface area is 225 Å². The van der Waals surface area contributed by atoms with E-state index >= 15 is 0 Å². The van der Waals surface area contributed by atoms with Gasteiger partial charge in [-0.05, 0) is 63.3 Å². The molecule has 2 atom stereocenters. The fourth-order valence-corrected chi connectivity index (χ4v) is 5.51. The molecular formula is C29H31N7O3. The van der Waals surface area contributed by atoms with E-state index in [-0.39, 0.29) is 28.7 Å². The van der Waals surface area contributed by atoms with Crippen molar-refractivity contribution in [2.45, 2.75) is 18.9 Å². The monoisotopic (exact) mass is 525 g/mol. The zero-order valence-corrected chi connectivity index (χ0v) is 22.0. The van der Waals surface area contributed by atoms with E-state index in [1.807, 2.05) is 89.3 Å². The van der Waals surface area contributed by atoms with Gasteiger partial charge in [0.1, 0.15) is 22.7 Å². The number of aromatic nitrogens is 4. The van der Waals surface area contributed by atoms with Crippen molar-refractivity contribution in [1.82, 2.24) is 29.8 Å². The van der Waals surface area contributed by atoms with Crippen molar-refractivity contribution in [3.63, 3.8) is 0 Å². The number of rotatable bonds is 7. The summed E-state index contributed by atoms with van der Waals surface area (Å²) in [7, 11) is 3.93. The number of para-hydroxylation sites is 1. The molecular weight excluding hydrogens is 494 g/mol. The van der Waals surface area contributed by atoms with Crippen LogP contribution in [0.5, 0.6) is 11.5 Å². The molecule has 1 saturated carbocycles. The highest BCUT2D eigenvalue weighted by Gasteiger charge is 2.60. The lowest BCUT2D eigenvalue weighted by Crippen LogP contribution is -2.28. The second-order valence-electron chi connectivity index (χ2n) is 10.7. The van der Waals surface area contributed by atoms with Crippen LogP contribution in [0, 0.1) is 5.41 Å². The Morgan fingerprint density at radius 2 is 1.92 bits per heavy atom. The average Bonchev–Trinajstić information content (AvgIpc) is 3.25. The highest BCUT2D eigenvalue weighted by atomic mass is 16.5. The molecule has 1 aliphatic carbocycles. The highest BCUT2D eigenvalue weighted by Crippen LogP contribution is 2.62. The van der Waals surface area contributed by atoms with Crippen LogP contribution in [0.2, 0.25) is 0 Å². The van der Waals surface area contributed by atoms with Gasteiger partial charge >= 0.3 is 0 Å². The largest absolute Gasteiger partial charge is 0.457 e. The molecule has 2 fully saturated rings. The molecule has 39 heavy (non-hydrogen) atoms. The van der Waals surface area contributed by atoms with Gasteiger partial charge < -0.3 is 20.3 Å². The number of carbonyl (C=O) groups is 1. The molecule has 2 aliphatic rings. The second kappa shape index (κ2) is 9.70. The van der Waals surface area contributed by atoms with Gasteiger partial charge in [-0.25, -0.2) is 5.10 Å². The summed E-state index contributed by atoms with van der Waals surface area (Å²) in [5.74, 6) is 1.68. The number of aromatic amines is 1. The number of nitrogen functional groups attached to an aromatic ring is 1. The molecule has 1 spiro atoms. The summed E-state index contributed by atoms with van der Waals surface area (Å²) in [6.45, 7) is 2.05. The molecule has 4 aromatic rings. The maximum atomic E-state index is 13.0. The van der Waals surface area contributed by atoms with Crippen LogP contribution in [0.1, 0.15) is 18.9 Å². The molecule has 2 aromatic heterocycles. The first-order valence-electron chi connectivity index (χ1n) is 13.0. The van der Waals surface area contributed by atoms with E-state index in [0.29, 0.717) is 42.0 Å². The van der Waals surface area contributed by atoms with Crippen molar-refractivity contribution in [3.05, 3.63) is 77.1 Å². The Morgan fingerprint density at radius 3 is 2.67 bits per heavy atom. The van der Waals surface area contributed by atoms with Crippen molar-refractivity contribution in [2.75, 3.05) is 39.5 Å². The standard InChI is InChI=1S/C29H31N7O3/c1-34(2)15-6-9-23(37)35-16-14-29(18-35)17-22(29)36-26-24(27(30)31-32-28(26)38)25(33-36)19-10-12-21(13-11-19)39-20-7-4-3-5-8-20/h3-13,22H,14-18H2,1-2H3,(H2,30,31)(H,32,38)/b9-6+. The molecule has 0 bridgehead atoms. The van der Waals surface area contributed by atoms with E-state index < -0.39 is 0 Å². The Kier molecular flexibility index (Phi) is 6.19. The first kappa shape index (κ1) is 24.9. The van der Waals surface area contributed by atoms with Crippen LogP contribution in [0.25, 0.3) is 22.2 Å². The van der Waals surface area contributed by atoms with Crippen LogP contribution in [0.15, 0.2) is 71.5 Å². The number of carbonyl (C=O) groups excluding carboxylic acids is 1. The van der Waals surface area contributed by atoms with Crippen LogP contribution in [0.3, 0.4) is 0 Å². The van der Waals surface area contributed by atoms with Crippen LogP contribution in [-0.4, -0.2) is 69.4 Å². The number of nitrogens with zero attached hydrogens (tertiary/aromatic N) is 5. The molecule has 1 saturated heterocycles. The van der Waals surface area contributed by atoms with Gasteiger partial charge in [0, 0.05) is 36.7 Å². The summed E-state index contributed by atoms with van der Waals surface area (Å²) in [6, 6.07) is 17.1. The van der Waals surface area contributed by atoms with Crippen LogP contribution in [0.4, 0.5) is 5.82 Å². The maximum Gasteiger partial charge on any atom is 0.290 e. The minimum atomic E-state index is -0.332. The molecule has 3 heterocycles. The van der Waals surface area contributed by atoms with Gasteiger partial charge in [-0.15, -0.1) is 0 Å². The van der Waals surface area contributed by atoms with E-state index in [1.165, 1.54) is 0 Å². The Balaban J connectivity index is 1.28. The molecule has 0 radical (unpaired) electrons. The number of ether oxygens (including phenoxy) is 1. The second-order valence-corrected chi connectivity index (χ2v) is 10.7. The number of hydrogen-bond donors (Lipinski definition) is 2. The zero-order valence-electron chi connectivity index (χ0n) is 22.0. The minimum Gasteiger partial charge on any atom is -0.457 e. The van der Waals surface area contributed by atoms with E-state index in [2.05, 4.69) is 10.2 Å². The van der Waals surface area contributed by atoms with Crippen molar-refractivity contribution in [1.29, 1.82) is 0 Å². The third-order valence-electron chi connectivity index (χ3n) is 7.64. The van der Waals surface area contributed by atoms with Crippen LogP contribution in [-0.2, 0) is 4.79 Å². The summed E-state index contributed by atoms with van der Waals surface area (Å²) in [4.78, 5) is 29.6. The van der Waals surface area contributed by atoms with Gasteiger partial charge in [-0.3, -0.25) is 14.3 Å². The number of nitrogens with two attached hydrogens (primary N) is 1. The molecule has 2 unspecified atom stereocenters. The lowest BCUT2D eigenvalue weighted by atomic mass is 10.1. The Morgan fingerprint density at radius 1 is 1.18 bits per heavy atom. The Hall–Kier alpha value is -4.44. The smallest absolute Gasteiger partial charge is 0.290 e. The lowest BCUT2D eigenvalue weighted by Gasteiger charge is -2.15. The van der Waals surface area contributed by atoms with Crippen molar-refractivity contribution in [3.8, 4) is 22.8 Å². The van der Waals surface area contributed by atoms with Gasteiger partial charge in [0.2, 0.25) is 5.91 Å². The number of likely N-dealkylation sites (N-methyl/N-ethyl adjacent to an activating group) is 1. The van der Waals surface area contributed by atoms with Gasteiger partial charge in [0.15, 0.2) is 5.82 Å². The number of nitrogens with one attached hydrogen (secondary N) is 1. The normalized spacial score (nSPS) is 20.5. The zero-order chi connectivity index (χ0) is 27.1. The summed E-state index contributed by atoms with van der Waals surface area (Å²) in [6.07, 6.45) is 5.25. The maximum absolute atomic E-state index is 13.0. The van der Waals surface area contributed by atoms with E-state index in [9.17, 15) is 9.59 Å². The summed E-state index contributed by atoms with van der Waals surface area (Å²) in [5, 5.41) is 12.0. The quantitative estimate of drug-likeness (QED) is 0.355. The van der Waals surface area contributed by atoms with Crippen molar-refractivity contribution in [2.24, 2.45) is 5.41 Å².